The minimum atomic E-state index is -3.16. The monoisotopic (exact) mass is 752 g/mol. The predicted molar refractivity (Wildman–Crippen MR) is 213 cm³/mol. The first-order chi connectivity index (χ1) is 25.3. The van der Waals surface area contributed by atoms with E-state index in [1.54, 1.807) is 0 Å². The summed E-state index contributed by atoms with van der Waals surface area (Å²) in [7, 11) is -5.70. The molecule has 3 atom stereocenters. The van der Waals surface area contributed by atoms with Crippen molar-refractivity contribution in [1.29, 1.82) is 0 Å². The van der Waals surface area contributed by atoms with Crippen molar-refractivity contribution in [3.63, 3.8) is 0 Å². The highest BCUT2D eigenvalue weighted by atomic mass is 28.4. The Kier molecular flexibility index (Phi) is 12.8. The lowest BCUT2D eigenvalue weighted by molar-refractivity contribution is -0.537. The van der Waals surface area contributed by atoms with Gasteiger partial charge in [-0.3, -0.25) is 0 Å². The van der Waals surface area contributed by atoms with Gasteiger partial charge in [0, 0.05) is 12.8 Å². The summed E-state index contributed by atoms with van der Waals surface area (Å²) in [6.07, 6.45) is 0.0434. The molecular formula is C42H52N2O7Si2. The summed E-state index contributed by atoms with van der Waals surface area (Å²) in [6, 6.07) is 38.0. The number of carbonyl (C=O) groups excluding carboxylic acids is 2. The van der Waals surface area contributed by atoms with Gasteiger partial charge in [0.05, 0.1) is 12.6 Å². The number of hydrogen-bond donors (Lipinski definition) is 1. The van der Waals surface area contributed by atoms with Crippen molar-refractivity contribution < 1.29 is 32.7 Å². The maximum Gasteiger partial charge on any atom is 0.407 e. The van der Waals surface area contributed by atoms with Gasteiger partial charge in [-0.1, -0.05) is 142 Å². The standard InChI is InChI=1S/C42H52N2O7Si2/c1-41(2,3)53(35-24-15-9-16-25-35,36-26-17-10-18-27-36)50-32-37(43-40(46)49-31-34-22-13-8-14-23-34)38(51-52(4,5)6)42(28-19-29-44(42)47)39(45)48-30-33-20-11-7-12-21-33/h7-18,20-27,29,37-38H,19,28,30-32H2,1-6H3,(H,43,46)/t37-,38+,42-/m1/s1. The van der Waals surface area contributed by atoms with Crippen molar-refractivity contribution in [2.45, 2.75) is 89.2 Å². The van der Waals surface area contributed by atoms with E-state index in [1.165, 1.54) is 6.21 Å². The van der Waals surface area contributed by atoms with Crippen LogP contribution in [0.25, 0.3) is 0 Å². The average Bonchev–Trinajstić information content (AvgIpc) is 3.54. The molecule has 0 spiro atoms. The molecule has 0 unspecified atom stereocenters. The molecule has 280 valence electrons. The van der Waals surface area contributed by atoms with Crippen LogP contribution in [0.5, 0.6) is 0 Å². The number of carbonyl (C=O) groups is 2. The summed E-state index contributed by atoms with van der Waals surface area (Å²) in [4.78, 5) is 28.3. The Morgan fingerprint density at radius 1 is 0.774 bits per heavy atom. The summed E-state index contributed by atoms with van der Waals surface area (Å²) >= 11 is 0. The molecule has 11 heteroatoms. The van der Waals surface area contributed by atoms with Gasteiger partial charge in [-0.05, 0) is 46.2 Å². The maximum atomic E-state index is 14.5. The number of alkyl carbamates (subject to hydrolysis) is 1. The minimum Gasteiger partial charge on any atom is -0.623 e. The van der Waals surface area contributed by atoms with Crippen molar-refractivity contribution in [3.05, 3.63) is 138 Å². The Balaban J connectivity index is 1.60. The summed E-state index contributed by atoms with van der Waals surface area (Å²) in [6.45, 7) is 12.4. The Bertz CT molecular complexity index is 1780. The van der Waals surface area contributed by atoms with Crippen LogP contribution in [0, 0.1) is 5.21 Å². The zero-order valence-corrected chi connectivity index (χ0v) is 33.6. The molecule has 4 aromatic carbocycles. The van der Waals surface area contributed by atoms with Crippen LogP contribution >= 0.6 is 0 Å². The molecule has 0 aliphatic carbocycles. The molecule has 1 amide bonds. The number of ether oxygens (including phenoxy) is 2. The van der Waals surface area contributed by atoms with E-state index in [2.05, 4.69) is 50.4 Å². The number of nitrogens with one attached hydrogen (secondary N) is 1. The van der Waals surface area contributed by atoms with E-state index in [-0.39, 0.29) is 31.3 Å². The first-order valence-corrected chi connectivity index (χ1v) is 23.5. The zero-order valence-electron chi connectivity index (χ0n) is 31.6. The predicted octanol–water partition coefficient (Wildman–Crippen LogP) is 6.94. The van der Waals surface area contributed by atoms with Crippen LogP contribution in [0.15, 0.2) is 121 Å². The fraction of sp³-hybridized carbons (Fsp3) is 0.357. The van der Waals surface area contributed by atoms with E-state index in [9.17, 15) is 14.8 Å². The molecular weight excluding hydrogens is 701 g/mol. The molecule has 1 heterocycles. The molecule has 0 aromatic heterocycles. The molecule has 1 N–H and O–H groups in total. The Labute approximate surface area is 315 Å². The Morgan fingerprint density at radius 3 is 1.68 bits per heavy atom. The highest BCUT2D eigenvalue weighted by Crippen LogP contribution is 2.39. The highest BCUT2D eigenvalue weighted by Gasteiger charge is 2.62. The van der Waals surface area contributed by atoms with Crippen molar-refractivity contribution in [3.8, 4) is 0 Å². The average molecular weight is 753 g/mol. The van der Waals surface area contributed by atoms with Crippen LogP contribution in [-0.4, -0.2) is 63.9 Å². The SMILES string of the molecule is CC(C)(C)[Si](OC[C@@H](NC(=O)OCc1ccccc1)[C@H](O[Si](C)(C)C)[C@@]1(C(=O)OCc2ccccc2)CCC=[N+]1[O-])(c1ccccc1)c1ccccc1. The van der Waals surface area contributed by atoms with Crippen molar-refractivity contribution in [2.24, 2.45) is 0 Å². The zero-order chi connectivity index (χ0) is 38.1. The van der Waals surface area contributed by atoms with Gasteiger partial charge in [-0.2, -0.15) is 4.74 Å². The number of hydroxylamine groups is 1. The van der Waals surface area contributed by atoms with Crippen molar-refractivity contribution in [2.75, 3.05) is 6.61 Å². The molecule has 0 saturated carbocycles. The molecule has 53 heavy (non-hydrogen) atoms. The van der Waals surface area contributed by atoms with Crippen molar-refractivity contribution in [1.82, 2.24) is 5.32 Å². The second-order valence-corrected chi connectivity index (χ2v) is 24.2. The molecule has 0 fully saturated rings. The molecule has 0 radical (unpaired) electrons. The summed E-state index contributed by atoms with van der Waals surface area (Å²) in [5, 5.41) is 18.8. The molecule has 1 aliphatic rings. The van der Waals surface area contributed by atoms with Crippen LogP contribution < -0.4 is 15.7 Å². The highest BCUT2D eigenvalue weighted by molar-refractivity contribution is 6.99. The molecule has 1 aliphatic heterocycles. The van der Waals surface area contributed by atoms with E-state index in [4.69, 9.17) is 18.3 Å². The number of benzene rings is 4. The van der Waals surface area contributed by atoms with Gasteiger partial charge < -0.3 is 28.8 Å². The lowest BCUT2D eigenvalue weighted by Crippen LogP contribution is -2.70. The quantitative estimate of drug-likeness (QED) is 0.0607. The van der Waals surface area contributed by atoms with Crippen molar-refractivity contribution >= 4 is 45.3 Å². The van der Waals surface area contributed by atoms with E-state index < -0.39 is 46.4 Å². The topological polar surface area (TPSA) is 109 Å². The number of esters is 1. The fourth-order valence-electron chi connectivity index (χ4n) is 7.09. The van der Waals surface area contributed by atoms with Crippen LogP contribution in [0.4, 0.5) is 4.79 Å². The number of rotatable bonds is 15. The van der Waals surface area contributed by atoms with Crippen LogP contribution in [0.1, 0.15) is 44.7 Å². The van der Waals surface area contributed by atoms with Gasteiger partial charge >= 0.3 is 12.1 Å². The maximum absolute atomic E-state index is 14.5. The molecule has 0 saturated heterocycles. The number of hydrogen-bond acceptors (Lipinski definition) is 7. The number of amides is 1. The minimum absolute atomic E-state index is 0.0231. The smallest absolute Gasteiger partial charge is 0.407 e. The first kappa shape index (κ1) is 39.6. The first-order valence-electron chi connectivity index (χ1n) is 18.2. The third kappa shape index (κ3) is 9.34. The van der Waals surface area contributed by atoms with Gasteiger partial charge in [-0.25, -0.2) is 9.59 Å². The fourth-order valence-corrected chi connectivity index (χ4v) is 12.8. The second kappa shape index (κ2) is 17.1. The summed E-state index contributed by atoms with van der Waals surface area (Å²) in [5.74, 6) is -0.719. The van der Waals surface area contributed by atoms with E-state index in [1.807, 2.05) is 117 Å². The largest absolute Gasteiger partial charge is 0.623 e. The van der Waals surface area contributed by atoms with E-state index in [0.717, 1.165) is 21.5 Å². The van der Waals surface area contributed by atoms with Gasteiger partial charge in [0.2, 0.25) is 0 Å². The van der Waals surface area contributed by atoms with E-state index >= 15 is 0 Å². The summed E-state index contributed by atoms with van der Waals surface area (Å²) in [5.41, 5.74) is -0.205. The normalized spacial score (nSPS) is 17.4. The molecule has 0 bridgehead atoms. The van der Waals surface area contributed by atoms with E-state index in [0.29, 0.717) is 11.2 Å². The van der Waals surface area contributed by atoms with Crippen LogP contribution in [0.3, 0.4) is 0 Å². The molecule has 5 rings (SSSR count). The lowest BCUT2D eigenvalue weighted by Gasteiger charge is -2.45. The number of nitrogens with zero attached hydrogens (tertiary/aromatic N) is 1. The Hall–Kier alpha value is -4.56. The van der Waals surface area contributed by atoms with Gasteiger partial charge in [0.15, 0.2) is 14.5 Å². The molecule has 4 aromatic rings. The third-order valence-electron chi connectivity index (χ3n) is 9.51. The Morgan fingerprint density at radius 2 is 1.25 bits per heavy atom. The summed E-state index contributed by atoms with van der Waals surface area (Å²) < 4.78 is 26.6. The molecule has 9 nitrogen and oxygen atoms in total. The van der Waals surface area contributed by atoms with Crippen LogP contribution in [0.2, 0.25) is 24.7 Å². The van der Waals surface area contributed by atoms with Gasteiger partial charge in [-0.15, -0.1) is 0 Å². The second-order valence-electron chi connectivity index (χ2n) is 15.5. The van der Waals surface area contributed by atoms with Crippen LogP contribution in [-0.2, 0) is 36.3 Å². The third-order valence-corrected chi connectivity index (χ3v) is 15.5. The lowest BCUT2D eigenvalue weighted by atomic mass is 9.85. The van der Waals surface area contributed by atoms with Gasteiger partial charge in [0.1, 0.15) is 19.3 Å². The van der Waals surface area contributed by atoms with Gasteiger partial charge in [0.25, 0.3) is 13.9 Å².